The van der Waals surface area contributed by atoms with Gasteiger partial charge in [0.15, 0.2) is 0 Å². The number of hydrogen-bond donors (Lipinski definition) is 1. The molecule has 0 aromatic heterocycles. The van der Waals surface area contributed by atoms with E-state index >= 15 is 0 Å². The molecule has 7 nitrogen and oxygen atoms in total. The molecule has 0 aliphatic carbocycles. The number of nitrogens with zero attached hydrogens (tertiary/aromatic N) is 3. The average Bonchev–Trinajstić information content (AvgIpc) is 3.21. The van der Waals surface area contributed by atoms with Gasteiger partial charge in [-0.15, -0.1) is 0 Å². The van der Waals surface area contributed by atoms with Crippen molar-refractivity contribution in [3.05, 3.63) is 101 Å². The van der Waals surface area contributed by atoms with Crippen LogP contribution in [0.2, 0.25) is 0 Å². The van der Waals surface area contributed by atoms with Gasteiger partial charge in [-0.25, -0.2) is 4.39 Å². The second-order valence-corrected chi connectivity index (χ2v) is 10.1. The van der Waals surface area contributed by atoms with Gasteiger partial charge in [0.05, 0.1) is 29.3 Å². The Kier molecular flexibility index (Phi) is 8.02. The van der Waals surface area contributed by atoms with E-state index in [0.717, 1.165) is 12.0 Å². The smallest absolute Gasteiger partial charge is 0.263 e. The van der Waals surface area contributed by atoms with Gasteiger partial charge in [-0.1, -0.05) is 48.5 Å². The summed E-state index contributed by atoms with van der Waals surface area (Å²) in [7, 11) is 0. The Balaban J connectivity index is 1.32. The molecule has 5 rings (SSSR count). The van der Waals surface area contributed by atoms with Crippen molar-refractivity contribution in [2.75, 3.05) is 37.7 Å². The van der Waals surface area contributed by atoms with E-state index in [-0.39, 0.29) is 49.2 Å². The second kappa shape index (κ2) is 11.8. The molecule has 0 spiro atoms. The number of hydrogen-bond acceptors (Lipinski definition) is 5. The number of piperidine rings is 1. The zero-order valence-electron chi connectivity index (χ0n) is 21.8. The van der Waals surface area contributed by atoms with Gasteiger partial charge in [0.25, 0.3) is 11.8 Å². The lowest BCUT2D eigenvalue weighted by molar-refractivity contribution is -0.137. The summed E-state index contributed by atoms with van der Waals surface area (Å²) < 4.78 is 13.6. The van der Waals surface area contributed by atoms with Crippen molar-refractivity contribution in [1.29, 1.82) is 0 Å². The fourth-order valence-corrected chi connectivity index (χ4v) is 5.56. The monoisotopic (exact) mass is 529 g/mol. The van der Waals surface area contributed by atoms with Crippen LogP contribution in [0.25, 0.3) is 0 Å². The van der Waals surface area contributed by atoms with Crippen molar-refractivity contribution >= 4 is 23.4 Å². The van der Waals surface area contributed by atoms with Gasteiger partial charge in [0.1, 0.15) is 5.82 Å². The molecule has 8 heteroatoms. The van der Waals surface area contributed by atoms with Crippen molar-refractivity contribution in [3.8, 4) is 0 Å². The Hall–Kier alpha value is -4.04. The van der Waals surface area contributed by atoms with Gasteiger partial charge in [0, 0.05) is 32.7 Å². The molecular weight excluding hydrogens is 497 g/mol. The molecule has 0 saturated carbocycles. The average molecular weight is 530 g/mol. The first-order valence-corrected chi connectivity index (χ1v) is 13.4. The Morgan fingerprint density at radius 1 is 0.974 bits per heavy atom. The van der Waals surface area contributed by atoms with Crippen LogP contribution in [0, 0.1) is 11.7 Å². The van der Waals surface area contributed by atoms with Crippen molar-refractivity contribution < 1.29 is 23.9 Å². The minimum absolute atomic E-state index is 0.0238. The summed E-state index contributed by atoms with van der Waals surface area (Å²) >= 11 is 0. The van der Waals surface area contributed by atoms with E-state index in [1.807, 2.05) is 41.3 Å². The maximum Gasteiger partial charge on any atom is 0.263 e. The second-order valence-electron chi connectivity index (χ2n) is 10.1. The number of fused-ring (bicyclic) bond motifs is 1. The Bertz CT molecular complexity index is 1360. The lowest BCUT2D eigenvalue weighted by Crippen LogP contribution is -2.45. The molecule has 2 aliphatic heterocycles. The molecule has 1 fully saturated rings. The zero-order valence-corrected chi connectivity index (χ0v) is 21.8. The predicted molar refractivity (Wildman–Crippen MR) is 146 cm³/mol. The quantitative estimate of drug-likeness (QED) is 0.426. The maximum atomic E-state index is 13.6. The molecule has 0 radical (unpaired) electrons. The molecule has 1 saturated heterocycles. The van der Waals surface area contributed by atoms with Crippen LogP contribution in [0.3, 0.4) is 0 Å². The number of aliphatic hydroxyl groups is 1. The molecule has 0 bridgehead atoms. The van der Waals surface area contributed by atoms with E-state index in [9.17, 15) is 23.9 Å². The Morgan fingerprint density at radius 3 is 2.51 bits per heavy atom. The van der Waals surface area contributed by atoms with Crippen LogP contribution in [-0.2, 0) is 17.8 Å². The van der Waals surface area contributed by atoms with Gasteiger partial charge < -0.3 is 14.9 Å². The van der Waals surface area contributed by atoms with Crippen LogP contribution < -0.4 is 4.90 Å². The molecule has 3 aromatic rings. The first-order chi connectivity index (χ1) is 19.0. The summed E-state index contributed by atoms with van der Waals surface area (Å²) in [5, 5.41) is 9.61. The number of aliphatic hydroxyl groups excluding tert-OH is 1. The number of carbonyl (C=O) groups excluding carboxylic acids is 3. The van der Waals surface area contributed by atoms with E-state index in [1.54, 1.807) is 29.2 Å². The lowest BCUT2D eigenvalue weighted by Gasteiger charge is -2.36. The summed E-state index contributed by atoms with van der Waals surface area (Å²) in [6.45, 7) is 1.80. The first kappa shape index (κ1) is 26.6. The fourth-order valence-electron chi connectivity index (χ4n) is 5.56. The highest BCUT2D eigenvalue weighted by atomic mass is 19.1. The molecule has 2 aliphatic rings. The third-order valence-electron chi connectivity index (χ3n) is 7.50. The highest BCUT2D eigenvalue weighted by Crippen LogP contribution is 2.34. The van der Waals surface area contributed by atoms with Gasteiger partial charge in [-0.3, -0.25) is 19.3 Å². The molecule has 202 valence electrons. The number of anilines is 1. The minimum atomic E-state index is -0.360. The molecule has 3 amide bonds. The number of rotatable bonds is 9. The minimum Gasteiger partial charge on any atom is -0.395 e. The van der Waals surface area contributed by atoms with Gasteiger partial charge >= 0.3 is 0 Å². The standard InChI is InChI=1S/C31H32FN3O4/c32-25-11-4-9-22(19-25)14-16-35-30(38)26-12-5-13-27(28(26)31(35)39)33-15-6-10-24(21-33)29(37)34(17-18-36)20-23-7-2-1-3-8-23/h1-5,7-9,11-13,19,24,36H,6,10,14-18,20-21H2/t24-/m0/s1. The van der Waals surface area contributed by atoms with Gasteiger partial charge in [-0.2, -0.15) is 0 Å². The number of carbonyl (C=O) groups is 3. The number of amides is 3. The van der Waals surface area contributed by atoms with Gasteiger partial charge in [-0.05, 0) is 54.7 Å². The molecule has 1 atom stereocenters. The highest BCUT2D eigenvalue weighted by molar-refractivity contribution is 6.23. The summed E-state index contributed by atoms with van der Waals surface area (Å²) in [5.74, 6) is -1.38. The molecule has 1 N–H and O–H groups in total. The van der Waals surface area contributed by atoms with Gasteiger partial charge in [0.2, 0.25) is 5.91 Å². The van der Waals surface area contributed by atoms with E-state index in [0.29, 0.717) is 54.9 Å². The zero-order chi connectivity index (χ0) is 27.4. The summed E-state index contributed by atoms with van der Waals surface area (Å²) in [5.41, 5.74) is 3.10. The summed E-state index contributed by atoms with van der Waals surface area (Å²) in [4.78, 5) is 45.1. The Morgan fingerprint density at radius 2 is 1.74 bits per heavy atom. The SMILES string of the molecule is O=C([C@H]1CCCN(c2cccc3c2C(=O)N(CCc2cccc(F)c2)C3=O)C1)N(CCO)Cc1ccccc1. The molecule has 0 unspecified atom stereocenters. The highest BCUT2D eigenvalue weighted by Gasteiger charge is 2.39. The van der Waals surface area contributed by atoms with Crippen molar-refractivity contribution in [2.24, 2.45) is 5.92 Å². The van der Waals surface area contributed by atoms with E-state index in [2.05, 4.69) is 0 Å². The Labute approximate surface area is 227 Å². The van der Waals surface area contributed by atoms with Crippen molar-refractivity contribution in [2.45, 2.75) is 25.8 Å². The van der Waals surface area contributed by atoms with Crippen LogP contribution >= 0.6 is 0 Å². The first-order valence-electron chi connectivity index (χ1n) is 13.4. The van der Waals surface area contributed by atoms with E-state index < -0.39 is 0 Å². The number of halogens is 1. The van der Waals surface area contributed by atoms with Crippen LogP contribution in [0.4, 0.5) is 10.1 Å². The number of imide groups is 1. The molecular formula is C31H32FN3O4. The lowest BCUT2D eigenvalue weighted by atomic mass is 9.94. The largest absolute Gasteiger partial charge is 0.395 e. The predicted octanol–water partition coefficient (Wildman–Crippen LogP) is 3.90. The number of benzene rings is 3. The summed E-state index contributed by atoms with van der Waals surface area (Å²) in [6.07, 6.45) is 1.85. The molecule has 3 aromatic carbocycles. The van der Waals surface area contributed by atoms with Crippen LogP contribution in [0.15, 0.2) is 72.8 Å². The van der Waals surface area contributed by atoms with Crippen LogP contribution in [0.1, 0.15) is 44.7 Å². The van der Waals surface area contributed by atoms with Crippen LogP contribution in [0.5, 0.6) is 0 Å². The summed E-state index contributed by atoms with van der Waals surface area (Å²) in [6, 6.07) is 21.1. The van der Waals surface area contributed by atoms with Crippen LogP contribution in [-0.4, -0.2) is 65.4 Å². The van der Waals surface area contributed by atoms with Crippen molar-refractivity contribution in [3.63, 3.8) is 0 Å². The van der Waals surface area contributed by atoms with E-state index in [4.69, 9.17) is 0 Å². The third kappa shape index (κ3) is 5.71. The third-order valence-corrected chi connectivity index (χ3v) is 7.50. The molecule has 39 heavy (non-hydrogen) atoms. The normalized spacial score (nSPS) is 16.9. The maximum absolute atomic E-state index is 13.6. The van der Waals surface area contributed by atoms with E-state index in [1.165, 1.54) is 17.0 Å². The van der Waals surface area contributed by atoms with Crippen molar-refractivity contribution in [1.82, 2.24) is 9.80 Å². The topological polar surface area (TPSA) is 81.2 Å². The fraction of sp³-hybridized carbons (Fsp3) is 0.323. The molecule has 2 heterocycles.